The summed E-state index contributed by atoms with van der Waals surface area (Å²) in [5.41, 5.74) is 1.75. The van der Waals surface area contributed by atoms with E-state index in [0.29, 0.717) is 23.0 Å². The van der Waals surface area contributed by atoms with Crippen LogP contribution in [0.4, 0.5) is 11.4 Å². The second kappa shape index (κ2) is 9.57. The van der Waals surface area contributed by atoms with Crippen molar-refractivity contribution in [3.8, 4) is 5.75 Å². The molecule has 3 aromatic carbocycles. The first kappa shape index (κ1) is 22.7. The van der Waals surface area contributed by atoms with E-state index in [2.05, 4.69) is 10.2 Å². The minimum absolute atomic E-state index is 0.331. The fourth-order valence-corrected chi connectivity index (χ4v) is 3.64. The molecule has 4 rings (SSSR count). The van der Waals surface area contributed by atoms with Gasteiger partial charge in [0.25, 0.3) is 11.9 Å². The molecule has 0 spiro atoms. The van der Waals surface area contributed by atoms with Gasteiger partial charge in [0.05, 0.1) is 7.11 Å². The van der Waals surface area contributed by atoms with E-state index in [4.69, 9.17) is 14.0 Å². The number of ether oxygens (including phenoxy) is 1. The molecule has 172 valence electrons. The van der Waals surface area contributed by atoms with Gasteiger partial charge in [-0.05, 0) is 29.4 Å². The summed E-state index contributed by atoms with van der Waals surface area (Å²) < 4.78 is 18.2. The number of benzene rings is 3. The van der Waals surface area contributed by atoms with Gasteiger partial charge >= 0.3 is 6.82 Å². The molecule has 0 aliphatic carbocycles. The Morgan fingerprint density at radius 1 is 0.824 bits per heavy atom. The highest BCUT2D eigenvalue weighted by Crippen LogP contribution is 2.34. The normalized spacial score (nSPS) is 14.5. The van der Waals surface area contributed by atoms with Crippen LogP contribution < -0.4 is 9.66 Å². The third-order valence-electron chi connectivity index (χ3n) is 5.05. The van der Waals surface area contributed by atoms with Crippen molar-refractivity contribution in [3.63, 3.8) is 0 Å². The van der Waals surface area contributed by atoms with Crippen LogP contribution in [0.5, 0.6) is 5.75 Å². The smallest absolute Gasteiger partial charge is 0.573 e. The van der Waals surface area contributed by atoms with Crippen molar-refractivity contribution in [3.05, 3.63) is 90.5 Å². The molecule has 0 amide bonds. The molecule has 0 fully saturated rings. The van der Waals surface area contributed by atoms with Gasteiger partial charge in [0.15, 0.2) is 5.69 Å². The van der Waals surface area contributed by atoms with Crippen LogP contribution in [0.1, 0.15) is 19.4 Å². The molecule has 0 unspecified atom stereocenters. The van der Waals surface area contributed by atoms with Crippen LogP contribution in [0.2, 0.25) is 0 Å². The van der Waals surface area contributed by atoms with Gasteiger partial charge < -0.3 is 14.0 Å². The van der Waals surface area contributed by atoms with E-state index < -0.39 is 18.8 Å². The van der Waals surface area contributed by atoms with Gasteiger partial charge in [-0.15, -0.1) is 0 Å². The summed E-state index contributed by atoms with van der Waals surface area (Å²) in [6, 6.07) is 25.2. The van der Waals surface area contributed by atoms with Crippen LogP contribution in [-0.4, -0.2) is 36.3 Å². The monoisotopic (exact) mass is 458 g/mol. The first-order valence-electron chi connectivity index (χ1n) is 10.6. The molecule has 0 aromatic heterocycles. The minimum Gasteiger partial charge on any atom is -0.573 e. The number of carbonyl (C=O) groups excluding carboxylic acids is 2. The molecule has 34 heavy (non-hydrogen) atoms. The Labute approximate surface area is 196 Å². The number of nitrogens with zero attached hydrogens (tertiary/aromatic N) is 4. The predicted octanol–water partition coefficient (Wildman–Crippen LogP) is 4.24. The third-order valence-corrected chi connectivity index (χ3v) is 5.05. The molecule has 9 nitrogen and oxygen atoms in total. The summed E-state index contributed by atoms with van der Waals surface area (Å²) in [6.07, 6.45) is 0. The molecule has 0 N–H and O–H groups in total. The Balaban J connectivity index is 2.01. The fraction of sp³-hybridized carbons (Fsp3) is 0.125. The number of amidine groups is 1. The standard InChI is InChI=1S/C24H23BN4O5/c1-18(30)33-25(34-19(2)31)28(21-12-8-5-9-13-21)26-24(20-10-6-4-7-11-20)27-29(25)22-14-16-23(32-3)17-15-22/h4-17H,1-3H3. The Kier molecular flexibility index (Phi) is 6.40. The van der Waals surface area contributed by atoms with Crippen LogP contribution in [0.25, 0.3) is 0 Å². The number of para-hydroxylation sites is 1. The number of hydrogen-bond acceptors (Lipinski definition) is 8. The molecular weight excluding hydrogens is 435 g/mol. The van der Waals surface area contributed by atoms with Gasteiger partial charge in [-0.3, -0.25) is 14.5 Å². The van der Waals surface area contributed by atoms with Crippen molar-refractivity contribution in [1.29, 1.82) is 0 Å². The number of methoxy groups -OCH3 is 1. The number of rotatable bonds is 6. The molecule has 10 heteroatoms. The maximum absolute atomic E-state index is 12.3. The number of hydrazone groups is 1. The number of hydrogen-bond donors (Lipinski definition) is 0. The molecule has 1 aliphatic heterocycles. The van der Waals surface area contributed by atoms with Crippen molar-refractivity contribution in [1.82, 2.24) is 0 Å². The van der Waals surface area contributed by atoms with Crippen molar-refractivity contribution in [2.75, 3.05) is 12.0 Å². The lowest BCUT2D eigenvalue weighted by Crippen LogP contribution is -2.66. The molecular formula is C24H23BN4O5. The molecule has 0 saturated carbocycles. The van der Waals surface area contributed by atoms with E-state index in [1.54, 1.807) is 55.6 Å². The zero-order valence-corrected chi connectivity index (χ0v) is 19.0. The zero-order valence-electron chi connectivity index (χ0n) is 19.0. The van der Waals surface area contributed by atoms with Crippen LogP contribution in [0.15, 0.2) is 95.1 Å². The average molecular weight is 458 g/mol. The van der Waals surface area contributed by atoms with E-state index in [0.717, 1.165) is 5.56 Å². The maximum Gasteiger partial charge on any atom is 0.824 e. The molecule has 1 heterocycles. The number of carbonyl (C=O) groups is 2. The van der Waals surface area contributed by atoms with E-state index >= 15 is 0 Å². The maximum atomic E-state index is 12.3. The molecule has 1 aliphatic rings. The highest BCUT2D eigenvalue weighted by Gasteiger charge is 2.62. The van der Waals surface area contributed by atoms with Crippen LogP contribution in [0, 0.1) is 0 Å². The van der Waals surface area contributed by atoms with E-state index in [1.807, 2.05) is 36.4 Å². The molecule has 0 atom stereocenters. The highest BCUT2D eigenvalue weighted by atomic mass is 16.7. The Hall–Kier alpha value is -4.47. The van der Waals surface area contributed by atoms with E-state index in [1.165, 1.54) is 23.4 Å². The summed E-state index contributed by atoms with van der Waals surface area (Å²) in [5.74, 6) is -0.392. The third kappa shape index (κ3) is 4.51. The summed E-state index contributed by atoms with van der Waals surface area (Å²) in [7, 11) is 1.56. The first-order chi connectivity index (χ1) is 16.4. The number of anilines is 1. The van der Waals surface area contributed by atoms with Crippen LogP contribution in [0.3, 0.4) is 0 Å². The second-order valence-corrected chi connectivity index (χ2v) is 7.46. The van der Waals surface area contributed by atoms with Crippen molar-refractivity contribution in [2.24, 2.45) is 10.2 Å². The molecule has 3 aromatic rings. The molecule has 0 bridgehead atoms. The summed E-state index contributed by atoms with van der Waals surface area (Å²) in [4.78, 5) is 26.1. The topological polar surface area (TPSA) is 92.8 Å². The quantitative estimate of drug-likeness (QED) is 0.514. The first-order valence-corrected chi connectivity index (χ1v) is 10.6. The van der Waals surface area contributed by atoms with Crippen molar-refractivity contribution < 1.29 is 28.2 Å². The summed E-state index contributed by atoms with van der Waals surface area (Å²) in [5, 5.41) is 9.37. The summed E-state index contributed by atoms with van der Waals surface area (Å²) in [6.45, 7) is -0.599. The van der Waals surface area contributed by atoms with Gasteiger partial charge in [-0.1, -0.05) is 48.5 Å². The van der Waals surface area contributed by atoms with Crippen molar-refractivity contribution in [2.45, 2.75) is 13.8 Å². The summed E-state index contributed by atoms with van der Waals surface area (Å²) >= 11 is 0. The lowest BCUT2D eigenvalue weighted by molar-refractivity contribution is -0.413. The van der Waals surface area contributed by atoms with E-state index in [-0.39, 0.29) is 0 Å². The van der Waals surface area contributed by atoms with Crippen LogP contribution >= 0.6 is 0 Å². The minimum atomic E-state index is -3.07. The van der Waals surface area contributed by atoms with Gasteiger partial charge in [-0.2, -0.15) is 9.71 Å². The molecule has 0 saturated heterocycles. The van der Waals surface area contributed by atoms with Crippen molar-refractivity contribution >= 4 is 36.0 Å². The second-order valence-electron chi connectivity index (χ2n) is 7.46. The Morgan fingerprint density at radius 2 is 1.38 bits per heavy atom. The van der Waals surface area contributed by atoms with Gasteiger partial charge in [0.1, 0.15) is 5.75 Å². The average Bonchev–Trinajstić information content (AvgIpc) is 2.84. The van der Waals surface area contributed by atoms with Gasteiger partial charge in [0, 0.05) is 37.2 Å². The number of azo groups is 1. The van der Waals surface area contributed by atoms with Gasteiger partial charge in [-0.25, -0.2) is 0 Å². The lowest BCUT2D eigenvalue weighted by Gasteiger charge is -2.41. The fourth-order valence-electron chi connectivity index (χ4n) is 3.64. The van der Waals surface area contributed by atoms with Gasteiger partial charge in [0.2, 0.25) is 5.84 Å². The predicted molar refractivity (Wildman–Crippen MR) is 127 cm³/mol. The molecule has 0 radical (unpaired) electrons. The van der Waals surface area contributed by atoms with Crippen LogP contribution in [-0.2, 0) is 18.9 Å². The van der Waals surface area contributed by atoms with E-state index in [9.17, 15) is 9.59 Å². The Bertz CT molecular complexity index is 1230. The zero-order chi connectivity index (χ0) is 24.1. The SMILES string of the molecule is COc1ccc([N+]2=NC(c3ccccc3)=NN(c3ccccc3)[B-]2(OC(C)=O)OC(C)=O)cc1. The lowest BCUT2D eigenvalue weighted by atomic mass is 9.83. The highest BCUT2D eigenvalue weighted by molar-refractivity contribution is 6.67. The largest absolute Gasteiger partial charge is 0.824 e. The Morgan fingerprint density at radius 3 is 1.91 bits per heavy atom.